The van der Waals surface area contributed by atoms with Crippen LogP contribution in [-0.2, 0) is 6.54 Å². The zero-order valence-electron chi connectivity index (χ0n) is 13.5. The van der Waals surface area contributed by atoms with Crippen molar-refractivity contribution >= 4 is 29.9 Å². The van der Waals surface area contributed by atoms with Crippen molar-refractivity contribution in [1.29, 1.82) is 0 Å². The van der Waals surface area contributed by atoms with E-state index in [2.05, 4.69) is 27.5 Å². The van der Waals surface area contributed by atoms with Crippen LogP contribution in [0.1, 0.15) is 45.1 Å². The number of hydrogen-bond acceptors (Lipinski definition) is 3. The van der Waals surface area contributed by atoms with Gasteiger partial charge in [-0.3, -0.25) is 0 Å². The molecule has 1 heterocycles. The lowest BCUT2D eigenvalue weighted by Crippen LogP contribution is -2.42. The fourth-order valence-electron chi connectivity index (χ4n) is 2.56. The Morgan fingerprint density at radius 3 is 2.82 bits per heavy atom. The first-order chi connectivity index (χ1) is 10.3. The molecule has 0 unspecified atom stereocenters. The van der Waals surface area contributed by atoms with Crippen LogP contribution in [0.4, 0.5) is 0 Å². The SMILES string of the molecule is CCNC(=NCc1cccnc1OCC)NC1CCCC1.I. The molecule has 6 heteroatoms. The van der Waals surface area contributed by atoms with E-state index in [0.717, 1.165) is 18.1 Å². The van der Waals surface area contributed by atoms with Gasteiger partial charge in [-0.25, -0.2) is 9.98 Å². The number of nitrogens with one attached hydrogen (secondary N) is 2. The number of pyridine rings is 1. The van der Waals surface area contributed by atoms with Crippen molar-refractivity contribution in [3.05, 3.63) is 23.9 Å². The Balaban J connectivity index is 0.00000242. The molecule has 1 aliphatic carbocycles. The summed E-state index contributed by atoms with van der Waals surface area (Å²) < 4.78 is 5.54. The van der Waals surface area contributed by atoms with Crippen LogP contribution in [-0.4, -0.2) is 30.1 Å². The van der Waals surface area contributed by atoms with Crippen molar-refractivity contribution in [3.63, 3.8) is 0 Å². The maximum atomic E-state index is 5.54. The molecule has 0 aromatic carbocycles. The summed E-state index contributed by atoms with van der Waals surface area (Å²) in [4.78, 5) is 8.93. The minimum atomic E-state index is 0. The molecule has 0 aliphatic heterocycles. The average molecular weight is 418 g/mol. The third-order valence-corrected chi connectivity index (χ3v) is 3.58. The lowest BCUT2D eigenvalue weighted by atomic mass is 10.2. The molecule has 1 fully saturated rings. The van der Waals surface area contributed by atoms with E-state index in [9.17, 15) is 0 Å². The number of nitrogens with zero attached hydrogens (tertiary/aromatic N) is 2. The topological polar surface area (TPSA) is 58.5 Å². The van der Waals surface area contributed by atoms with Crippen molar-refractivity contribution in [1.82, 2.24) is 15.6 Å². The van der Waals surface area contributed by atoms with E-state index in [1.54, 1.807) is 6.20 Å². The van der Waals surface area contributed by atoms with Gasteiger partial charge in [0.05, 0.1) is 13.2 Å². The predicted molar refractivity (Wildman–Crippen MR) is 101 cm³/mol. The summed E-state index contributed by atoms with van der Waals surface area (Å²) in [6, 6.07) is 4.49. The second kappa shape index (κ2) is 10.6. The van der Waals surface area contributed by atoms with Crippen LogP contribution in [0.25, 0.3) is 0 Å². The van der Waals surface area contributed by atoms with E-state index in [1.807, 2.05) is 19.1 Å². The van der Waals surface area contributed by atoms with Crippen molar-refractivity contribution in [2.45, 2.75) is 52.1 Å². The van der Waals surface area contributed by atoms with E-state index in [1.165, 1.54) is 25.7 Å². The van der Waals surface area contributed by atoms with Crippen molar-refractivity contribution < 1.29 is 4.74 Å². The molecular formula is C16H27IN4O. The van der Waals surface area contributed by atoms with Gasteiger partial charge in [0.2, 0.25) is 5.88 Å². The Morgan fingerprint density at radius 1 is 1.36 bits per heavy atom. The summed E-state index contributed by atoms with van der Waals surface area (Å²) in [5.41, 5.74) is 1.02. The molecule has 22 heavy (non-hydrogen) atoms. The zero-order valence-corrected chi connectivity index (χ0v) is 15.8. The number of aromatic nitrogens is 1. The maximum Gasteiger partial charge on any atom is 0.218 e. The summed E-state index contributed by atoms with van der Waals surface area (Å²) >= 11 is 0. The first-order valence-corrected chi connectivity index (χ1v) is 7.95. The standard InChI is InChI=1S/C16H26N4O.HI/c1-3-17-16(20-14-9-5-6-10-14)19-12-13-8-7-11-18-15(13)21-4-2;/h7-8,11,14H,3-6,9-10,12H2,1-2H3,(H2,17,19,20);1H. The molecule has 0 amide bonds. The molecule has 5 nitrogen and oxygen atoms in total. The van der Waals surface area contributed by atoms with Gasteiger partial charge >= 0.3 is 0 Å². The molecule has 1 aromatic rings. The highest BCUT2D eigenvalue weighted by Crippen LogP contribution is 2.18. The Hall–Kier alpha value is -1.05. The van der Waals surface area contributed by atoms with E-state index in [-0.39, 0.29) is 24.0 Å². The third-order valence-electron chi connectivity index (χ3n) is 3.58. The Kier molecular flexibility index (Phi) is 9.19. The molecule has 0 radical (unpaired) electrons. The Labute approximate surface area is 150 Å². The highest BCUT2D eigenvalue weighted by atomic mass is 127. The quantitative estimate of drug-likeness (QED) is 0.424. The molecule has 0 saturated heterocycles. The largest absolute Gasteiger partial charge is 0.478 e. The molecule has 0 atom stereocenters. The van der Waals surface area contributed by atoms with E-state index in [4.69, 9.17) is 4.74 Å². The van der Waals surface area contributed by atoms with Crippen LogP contribution >= 0.6 is 24.0 Å². The van der Waals surface area contributed by atoms with Crippen LogP contribution in [0.15, 0.2) is 23.3 Å². The van der Waals surface area contributed by atoms with Gasteiger partial charge in [0.15, 0.2) is 5.96 Å². The van der Waals surface area contributed by atoms with E-state index in [0.29, 0.717) is 25.1 Å². The lowest BCUT2D eigenvalue weighted by molar-refractivity contribution is 0.323. The average Bonchev–Trinajstić information content (AvgIpc) is 3.00. The van der Waals surface area contributed by atoms with Gasteiger partial charge in [-0.05, 0) is 32.8 Å². The Bertz CT molecular complexity index is 461. The molecule has 0 bridgehead atoms. The number of guanidine groups is 1. The van der Waals surface area contributed by atoms with Crippen LogP contribution in [0, 0.1) is 0 Å². The number of hydrogen-bond donors (Lipinski definition) is 2. The number of halogens is 1. The fraction of sp³-hybridized carbons (Fsp3) is 0.625. The van der Waals surface area contributed by atoms with Gasteiger partial charge in [0.25, 0.3) is 0 Å². The second-order valence-electron chi connectivity index (χ2n) is 5.22. The van der Waals surface area contributed by atoms with Gasteiger partial charge in [-0.15, -0.1) is 24.0 Å². The van der Waals surface area contributed by atoms with Crippen molar-refractivity contribution in [2.75, 3.05) is 13.2 Å². The van der Waals surface area contributed by atoms with Gasteiger partial charge in [0, 0.05) is 24.3 Å². The molecule has 2 N–H and O–H groups in total. The third kappa shape index (κ3) is 5.98. The maximum absolute atomic E-state index is 5.54. The van der Waals surface area contributed by atoms with Crippen molar-refractivity contribution in [3.8, 4) is 5.88 Å². The minimum absolute atomic E-state index is 0. The first kappa shape index (κ1) is 19.0. The smallest absolute Gasteiger partial charge is 0.218 e. The van der Waals surface area contributed by atoms with Crippen molar-refractivity contribution in [2.24, 2.45) is 4.99 Å². The molecule has 2 rings (SSSR count). The van der Waals surface area contributed by atoms with Crippen LogP contribution in [0.5, 0.6) is 5.88 Å². The summed E-state index contributed by atoms with van der Waals surface area (Å²) in [5, 5.41) is 6.83. The van der Waals surface area contributed by atoms with Crippen LogP contribution < -0.4 is 15.4 Å². The highest BCUT2D eigenvalue weighted by molar-refractivity contribution is 14.0. The van der Waals surface area contributed by atoms with Crippen LogP contribution in [0.3, 0.4) is 0 Å². The van der Waals surface area contributed by atoms with Gasteiger partial charge in [0.1, 0.15) is 0 Å². The summed E-state index contributed by atoms with van der Waals surface area (Å²) in [5.74, 6) is 1.57. The van der Waals surface area contributed by atoms with Gasteiger partial charge in [-0.1, -0.05) is 18.9 Å². The summed E-state index contributed by atoms with van der Waals surface area (Å²) in [6.45, 7) is 6.11. The monoisotopic (exact) mass is 418 g/mol. The predicted octanol–water partition coefficient (Wildman–Crippen LogP) is 3.10. The Morgan fingerprint density at radius 2 is 2.14 bits per heavy atom. The number of ether oxygens (including phenoxy) is 1. The molecule has 1 aliphatic rings. The lowest BCUT2D eigenvalue weighted by Gasteiger charge is -2.16. The van der Waals surface area contributed by atoms with Gasteiger partial charge in [-0.2, -0.15) is 0 Å². The zero-order chi connectivity index (χ0) is 14.9. The second-order valence-corrected chi connectivity index (χ2v) is 5.22. The molecule has 1 saturated carbocycles. The van der Waals surface area contributed by atoms with Crippen LogP contribution in [0.2, 0.25) is 0 Å². The minimum Gasteiger partial charge on any atom is -0.478 e. The van der Waals surface area contributed by atoms with Gasteiger partial charge < -0.3 is 15.4 Å². The van der Waals surface area contributed by atoms with E-state index >= 15 is 0 Å². The number of aliphatic imine (C=N–C) groups is 1. The fourth-order valence-corrected chi connectivity index (χ4v) is 2.56. The summed E-state index contributed by atoms with van der Waals surface area (Å²) in [7, 11) is 0. The molecule has 124 valence electrons. The first-order valence-electron chi connectivity index (χ1n) is 7.95. The molecule has 0 spiro atoms. The molecule has 1 aromatic heterocycles. The molecular weight excluding hydrogens is 391 g/mol. The van der Waals surface area contributed by atoms with E-state index < -0.39 is 0 Å². The summed E-state index contributed by atoms with van der Waals surface area (Å²) in [6.07, 6.45) is 6.85. The number of rotatable bonds is 6. The normalized spacial score (nSPS) is 15.3. The highest BCUT2D eigenvalue weighted by Gasteiger charge is 2.15.